The molecule has 0 aliphatic rings. The molecule has 2 aromatic rings. The molecule has 0 saturated heterocycles. The minimum Gasteiger partial charge on any atom is -0.396 e. The molecule has 1 N–H and O–H groups in total. The van der Waals surface area contributed by atoms with Gasteiger partial charge in [0.25, 0.3) is 0 Å². The van der Waals surface area contributed by atoms with Gasteiger partial charge in [-0.1, -0.05) is 41.9 Å². The Morgan fingerprint density at radius 3 is 2.42 bits per heavy atom. The van der Waals surface area contributed by atoms with Crippen molar-refractivity contribution in [2.45, 2.75) is 12.5 Å². The molecule has 0 bridgehead atoms. The summed E-state index contributed by atoms with van der Waals surface area (Å²) in [7, 11) is 1.91. The number of hydrogen-bond acceptors (Lipinski definition) is 4. The molecule has 4 nitrogen and oxygen atoms in total. The second-order valence-electron chi connectivity index (χ2n) is 4.25. The fraction of sp³-hybridized carbons (Fsp3) is 0.286. The van der Waals surface area contributed by atoms with Crippen LogP contribution in [0.25, 0.3) is 0 Å². The summed E-state index contributed by atoms with van der Waals surface area (Å²) in [4.78, 5) is 10.4. The molecule has 1 atom stereocenters. The highest BCUT2D eigenvalue weighted by Gasteiger charge is 2.18. The van der Waals surface area contributed by atoms with Crippen molar-refractivity contribution in [1.29, 1.82) is 0 Å². The van der Waals surface area contributed by atoms with Gasteiger partial charge in [0.05, 0.1) is 23.5 Å². The number of hydrogen-bond donors (Lipinski definition) is 1. The van der Waals surface area contributed by atoms with E-state index >= 15 is 0 Å². The van der Waals surface area contributed by atoms with Crippen molar-refractivity contribution < 1.29 is 5.11 Å². The minimum atomic E-state index is 0.0346. The van der Waals surface area contributed by atoms with Crippen molar-refractivity contribution in [3.63, 3.8) is 0 Å². The summed E-state index contributed by atoms with van der Waals surface area (Å²) < 4.78 is 0. The Bertz CT molecular complexity index is 504. The number of aromatic nitrogens is 2. The Balaban J connectivity index is 2.26. The maximum absolute atomic E-state index is 9.25. The van der Waals surface area contributed by atoms with E-state index in [0.29, 0.717) is 17.4 Å². The lowest BCUT2D eigenvalue weighted by Crippen LogP contribution is -2.26. The number of halogens is 1. The molecule has 0 unspecified atom stereocenters. The lowest BCUT2D eigenvalue weighted by Gasteiger charge is -2.28. The molecule has 0 amide bonds. The average Bonchev–Trinajstić information content (AvgIpc) is 2.46. The molecular formula is C14H16ClN3O. The van der Waals surface area contributed by atoms with Crippen molar-refractivity contribution in [1.82, 2.24) is 9.97 Å². The largest absolute Gasteiger partial charge is 0.396 e. The molecule has 1 aromatic carbocycles. The van der Waals surface area contributed by atoms with E-state index in [1.165, 1.54) is 0 Å². The number of nitrogens with zero attached hydrogens (tertiary/aromatic N) is 3. The monoisotopic (exact) mass is 277 g/mol. The zero-order chi connectivity index (χ0) is 13.7. The van der Waals surface area contributed by atoms with Crippen LogP contribution in [0.15, 0.2) is 42.7 Å². The molecule has 0 spiro atoms. The second-order valence-corrected chi connectivity index (χ2v) is 4.69. The van der Waals surface area contributed by atoms with Crippen molar-refractivity contribution >= 4 is 17.5 Å². The molecular weight excluding hydrogens is 262 g/mol. The van der Waals surface area contributed by atoms with Crippen LogP contribution in [-0.2, 0) is 0 Å². The normalized spacial score (nSPS) is 12.2. The van der Waals surface area contributed by atoms with Crippen molar-refractivity contribution in [3.05, 3.63) is 53.3 Å². The zero-order valence-electron chi connectivity index (χ0n) is 10.7. The van der Waals surface area contributed by atoms with Gasteiger partial charge in [0.1, 0.15) is 0 Å². The molecule has 5 heteroatoms. The lowest BCUT2D eigenvalue weighted by molar-refractivity contribution is 0.274. The van der Waals surface area contributed by atoms with E-state index in [1.54, 1.807) is 12.4 Å². The van der Waals surface area contributed by atoms with Gasteiger partial charge in [0, 0.05) is 13.7 Å². The van der Waals surface area contributed by atoms with Crippen LogP contribution in [-0.4, -0.2) is 28.7 Å². The minimum absolute atomic E-state index is 0.0346. The lowest BCUT2D eigenvalue weighted by atomic mass is 10.0. The van der Waals surface area contributed by atoms with Gasteiger partial charge in [-0.25, -0.2) is 9.97 Å². The topological polar surface area (TPSA) is 49.2 Å². The summed E-state index contributed by atoms with van der Waals surface area (Å²) in [6.07, 6.45) is 3.76. The predicted octanol–water partition coefficient (Wildman–Crippen LogP) is 2.69. The smallest absolute Gasteiger partial charge is 0.225 e. The highest BCUT2D eigenvalue weighted by molar-refractivity contribution is 6.30. The molecule has 0 fully saturated rings. The first-order valence-electron chi connectivity index (χ1n) is 6.08. The maximum Gasteiger partial charge on any atom is 0.225 e. The average molecular weight is 278 g/mol. The van der Waals surface area contributed by atoms with Crippen LogP contribution in [0.4, 0.5) is 5.95 Å². The highest BCUT2D eigenvalue weighted by Crippen LogP contribution is 2.25. The van der Waals surface area contributed by atoms with E-state index in [4.69, 9.17) is 11.6 Å². The second kappa shape index (κ2) is 6.50. The summed E-state index contributed by atoms with van der Waals surface area (Å²) in [5.74, 6) is 0.590. The molecule has 0 aliphatic heterocycles. The van der Waals surface area contributed by atoms with Crippen LogP contribution in [0, 0.1) is 0 Å². The van der Waals surface area contributed by atoms with Gasteiger partial charge < -0.3 is 10.0 Å². The van der Waals surface area contributed by atoms with E-state index in [1.807, 2.05) is 42.3 Å². The Labute approximate surface area is 117 Å². The standard InChI is InChI=1S/C14H16ClN3O/c1-18(14-16-9-12(15)10-17-14)13(7-8-19)11-5-3-2-4-6-11/h2-6,9-10,13,19H,7-8H2,1H3/t13-/m0/s1. The number of rotatable bonds is 5. The summed E-state index contributed by atoms with van der Waals surface area (Å²) in [6.45, 7) is 0.109. The molecule has 100 valence electrons. The van der Waals surface area contributed by atoms with E-state index in [2.05, 4.69) is 9.97 Å². The van der Waals surface area contributed by atoms with E-state index in [0.717, 1.165) is 5.56 Å². The SMILES string of the molecule is CN(c1ncc(Cl)cn1)[C@@H](CCO)c1ccccc1. The summed E-state index contributed by atoms with van der Waals surface area (Å²) in [5.41, 5.74) is 1.12. The maximum atomic E-state index is 9.25. The van der Waals surface area contributed by atoms with Crippen molar-refractivity contribution in [2.24, 2.45) is 0 Å². The summed E-state index contributed by atoms with van der Waals surface area (Å²) in [5, 5.41) is 9.76. The van der Waals surface area contributed by atoms with Crippen LogP contribution in [0.2, 0.25) is 5.02 Å². The van der Waals surface area contributed by atoms with Crippen LogP contribution in [0.3, 0.4) is 0 Å². The molecule has 1 heterocycles. The summed E-state index contributed by atoms with van der Waals surface area (Å²) in [6, 6.07) is 10.0. The van der Waals surface area contributed by atoms with Crippen LogP contribution in [0.5, 0.6) is 0 Å². The van der Waals surface area contributed by atoms with Gasteiger partial charge in [-0.05, 0) is 12.0 Å². The third-order valence-electron chi connectivity index (χ3n) is 2.98. The molecule has 0 radical (unpaired) electrons. The number of aliphatic hydroxyl groups excluding tert-OH is 1. The number of anilines is 1. The fourth-order valence-corrected chi connectivity index (χ4v) is 2.11. The van der Waals surface area contributed by atoms with E-state index in [-0.39, 0.29) is 12.6 Å². The van der Waals surface area contributed by atoms with Gasteiger partial charge >= 0.3 is 0 Å². The number of aliphatic hydroxyl groups is 1. The fourth-order valence-electron chi connectivity index (χ4n) is 2.01. The van der Waals surface area contributed by atoms with E-state index < -0.39 is 0 Å². The van der Waals surface area contributed by atoms with Gasteiger partial charge in [-0.2, -0.15) is 0 Å². The Hall–Kier alpha value is -1.65. The van der Waals surface area contributed by atoms with Gasteiger partial charge in [0.2, 0.25) is 5.95 Å². The van der Waals surface area contributed by atoms with Crippen molar-refractivity contribution in [2.75, 3.05) is 18.6 Å². The highest BCUT2D eigenvalue weighted by atomic mass is 35.5. The van der Waals surface area contributed by atoms with Crippen LogP contribution >= 0.6 is 11.6 Å². The molecule has 0 saturated carbocycles. The third kappa shape index (κ3) is 3.43. The Morgan fingerprint density at radius 1 is 1.21 bits per heavy atom. The summed E-state index contributed by atoms with van der Waals surface area (Å²) >= 11 is 5.79. The van der Waals surface area contributed by atoms with Crippen LogP contribution < -0.4 is 4.90 Å². The van der Waals surface area contributed by atoms with Gasteiger partial charge in [0.15, 0.2) is 0 Å². The Morgan fingerprint density at radius 2 is 1.84 bits per heavy atom. The quantitative estimate of drug-likeness (QED) is 0.913. The predicted molar refractivity (Wildman–Crippen MR) is 76.3 cm³/mol. The third-order valence-corrected chi connectivity index (χ3v) is 3.17. The first-order valence-corrected chi connectivity index (χ1v) is 6.46. The molecule has 2 rings (SSSR count). The zero-order valence-corrected chi connectivity index (χ0v) is 11.5. The van der Waals surface area contributed by atoms with Gasteiger partial charge in [-0.3, -0.25) is 0 Å². The van der Waals surface area contributed by atoms with E-state index in [9.17, 15) is 5.11 Å². The van der Waals surface area contributed by atoms with Gasteiger partial charge in [-0.15, -0.1) is 0 Å². The first kappa shape index (κ1) is 13.8. The molecule has 19 heavy (non-hydrogen) atoms. The first-order chi connectivity index (χ1) is 9.22. The Kier molecular flexibility index (Phi) is 4.71. The number of benzene rings is 1. The molecule has 0 aliphatic carbocycles. The molecule has 1 aromatic heterocycles. The van der Waals surface area contributed by atoms with Crippen LogP contribution in [0.1, 0.15) is 18.0 Å². The van der Waals surface area contributed by atoms with Crippen molar-refractivity contribution in [3.8, 4) is 0 Å².